The van der Waals surface area contributed by atoms with Gasteiger partial charge in [-0.15, -0.1) is 11.8 Å². The summed E-state index contributed by atoms with van der Waals surface area (Å²) in [5, 5.41) is 0. The van der Waals surface area contributed by atoms with E-state index < -0.39 is 0 Å². The number of likely N-dealkylation sites (tertiary alicyclic amines) is 1. The van der Waals surface area contributed by atoms with Crippen molar-refractivity contribution in [2.75, 3.05) is 38.3 Å². The zero-order valence-corrected chi connectivity index (χ0v) is 10.5. The SMILES string of the molecule is COCCSCC(=O)N1CCC[C@@H](C)C1. The Balaban J connectivity index is 2.15. The summed E-state index contributed by atoms with van der Waals surface area (Å²) < 4.78 is 4.94. The van der Waals surface area contributed by atoms with Gasteiger partial charge < -0.3 is 9.64 Å². The topological polar surface area (TPSA) is 29.5 Å². The van der Waals surface area contributed by atoms with E-state index in [0.29, 0.717) is 17.6 Å². The third-order valence-electron chi connectivity index (χ3n) is 2.67. The Morgan fingerprint density at radius 3 is 3.07 bits per heavy atom. The van der Waals surface area contributed by atoms with Crippen LogP contribution < -0.4 is 0 Å². The van der Waals surface area contributed by atoms with Crippen LogP contribution in [0.4, 0.5) is 0 Å². The van der Waals surface area contributed by atoms with E-state index in [1.807, 2.05) is 4.90 Å². The summed E-state index contributed by atoms with van der Waals surface area (Å²) in [4.78, 5) is 13.8. The number of carbonyl (C=O) groups is 1. The van der Waals surface area contributed by atoms with E-state index in [2.05, 4.69) is 6.92 Å². The molecule has 1 aliphatic rings. The second-order valence-electron chi connectivity index (χ2n) is 4.13. The average Bonchev–Trinajstić information content (AvgIpc) is 2.24. The lowest BCUT2D eigenvalue weighted by molar-refractivity contribution is -0.130. The molecule has 0 unspecified atom stereocenters. The van der Waals surface area contributed by atoms with Crippen molar-refractivity contribution < 1.29 is 9.53 Å². The lowest BCUT2D eigenvalue weighted by atomic mass is 10.0. The van der Waals surface area contributed by atoms with Gasteiger partial charge in [-0.25, -0.2) is 0 Å². The van der Waals surface area contributed by atoms with Crippen LogP contribution in [0, 0.1) is 5.92 Å². The molecule has 15 heavy (non-hydrogen) atoms. The van der Waals surface area contributed by atoms with Gasteiger partial charge in [-0.3, -0.25) is 4.79 Å². The molecule has 0 spiro atoms. The molecule has 1 saturated heterocycles. The van der Waals surface area contributed by atoms with Gasteiger partial charge in [0.1, 0.15) is 0 Å². The maximum absolute atomic E-state index is 11.8. The predicted molar refractivity (Wildman–Crippen MR) is 64.2 cm³/mol. The number of nitrogens with zero attached hydrogens (tertiary/aromatic N) is 1. The molecule has 0 aromatic carbocycles. The standard InChI is InChI=1S/C11H21NO2S/c1-10-4-3-5-12(8-10)11(13)9-15-7-6-14-2/h10H,3-9H2,1-2H3/t10-/m1/s1. The molecule has 1 rings (SSSR count). The second kappa shape index (κ2) is 7.12. The Bertz CT molecular complexity index is 199. The average molecular weight is 231 g/mol. The third-order valence-corrected chi connectivity index (χ3v) is 3.57. The number of piperidine rings is 1. The Morgan fingerprint density at radius 1 is 1.60 bits per heavy atom. The summed E-state index contributed by atoms with van der Waals surface area (Å²) in [6.07, 6.45) is 2.43. The lowest BCUT2D eigenvalue weighted by Gasteiger charge is -2.30. The minimum Gasteiger partial charge on any atom is -0.384 e. The quantitative estimate of drug-likeness (QED) is 0.673. The maximum Gasteiger partial charge on any atom is 0.232 e. The van der Waals surface area contributed by atoms with Crippen LogP contribution in [0.15, 0.2) is 0 Å². The molecule has 1 amide bonds. The largest absolute Gasteiger partial charge is 0.384 e. The summed E-state index contributed by atoms with van der Waals surface area (Å²) in [5.74, 6) is 2.48. The van der Waals surface area contributed by atoms with Crippen LogP contribution >= 0.6 is 11.8 Å². The van der Waals surface area contributed by atoms with Gasteiger partial charge in [0, 0.05) is 26.0 Å². The molecule has 0 N–H and O–H groups in total. The van der Waals surface area contributed by atoms with Gasteiger partial charge >= 0.3 is 0 Å². The monoisotopic (exact) mass is 231 g/mol. The zero-order valence-electron chi connectivity index (χ0n) is 9.70. The number of methoxy groups -OCH3 is 1. The maximum atomic E-state index is 11.8. The molecule has 0 bridgehead atoms. The van der Waals surface area contributed by atoms with E-state index in [-0.39, 0.29) is 0 Å². The van der Waals surface area contributed by atoms with E-state index in [9.17, 15) is 4.79 Å². The van der Waals surface area contributed by atoms with Crippen molar-refractivity contribution in [1.29, 1.82) is 0 Å². The highest BCUT2D eigenvalue weighted by molar-refractivity contribution is 7.99. The van der Waals surface area contributed by atoms with Crippen molar-refractivity contribution in [3.63, 3.8) is 0 Å². The summed E-state index contributed by atoms with van der Waals surface area (Å²) >= 11 is 1.66. The van der Waals surface area contributed by atoms with Gasteiger partial charge in [0.15, 0.2) is 0 Å². The number of ether oxygens (including phenoxy) is 1. The normalized spacial score (nSPS) is 21.7. The number of hydrogen-bond donors (Lipinski definition) is 0. The van der Waals surface area contributed by atoms with Gasteiger partial charge in [-0.1, -0.05) is 6.92 Å². The van der Waals surface area contributed by atoms with Gasteiger partial charge in [0.25, 0.3) is 0 Å². The van der Waals surface area contributed by atoms with Crippen LogP contribution in [0.3, 0.4) is 0 Å². The highest BCUT2D eigenvalue weighted by Gasteiger charge is 2.20. The van der Waals surface area contributed by atoms with E-state index in [1.54, 1.807) is 18.9 Å². The molecule has 0 aromatic heterocycles. The molecular formula is C11H21NO2S. The Morgan fingerprint density at radius 2 is 2.40 bits per heavy atom. The van der Waals surface area contributed by atoms with E-state index >= 15 is 0 Å². The molecule has 0 aromatic rings. The molecule has 0 aliphatic carbocycles. The molecule has 4 heteroatoms. The molecule has 1 fully saturated rings. The number of carbonyl (C=O) groups excluding carboxylic acids is 1. The van der Waals surface area contributed by atoms with Gasteiger partial charge in [0.05, 0.1) is 12.4 Å². The minimum absolute atomic E-state index is 0.294. The predicted octanol–water partition coefficient (Wildman–Crippen LogP) is 1.62. The smallest absolute Gasteiger partial charge is 0.232 e. The van der Waals surface area contributed by atoms with Crippen LogP contribution in [0.1, 0.15) is 19.8 Å². The molecule has 1 atom stereocenters. The van der Waals surface area contributed by atoms with Gasteiger partial charge in [0.2, 0.25) is 5.91 Å². The summed E-state index contributed by atoms with van der Waals surface area (Å²) in [6.45, 7) is 4.85. The van der Waals surface area contributed by atoms with Crippen LogP contribution in [-0.2, 0) is 9.53 Å². The van der Waals surface area contributed by atoms with E-state index in [0.717, 1.165) is 31.9 Å². The Hall–Kier alpha value is -0.220. The highest BCUT2D eigenvalue weighted by atomic mass is 32.2. The van der Waals surface area contributed by atoms with Crippen molar-refractivity contribution in [3.8, 4) is 0 Å². The Labute approximate surface area is 96.5 Å². The fourth-order valence-corrected chi connectivity index (χ4v) is 2.59. The fourth-order valence-electron chi connectivity index (χ4n) is 1.81. The third kappa shape index (κ3) is 4.89. The first-order valence-electron chi connectivity index (χ1n) is 5.58. The molecule has 88 valence electrons. The second-order valence-corrected chi connectivity index (χ2v) is 5.24. The zero-order chi connectivity index (χ0) is 11.1. The molecule has 1 heterocycles. The van der Waals surface area contributed by atoms with Crippen LogP contribution in [0.2, 0.25) is 0 Å². The van der Waals surface area contributed by atoms with E-state index in [1.165, 1.54) is 6.42 Å². The lowest BCUT2D eigenvalue weighted by Crippen LogP contribution is -2.40. The number of hydrogen-bond acceptors (Lipinski definition) is 3. The summed E-state index contributed by atoms with van der Waals surface area (Å²) in [5.41, 5.74) is 0. The van der Waals surface area contributed by atoms with Gasteiger partial charge in [-0.05, 0) is 18.8 Å². The van der Waals surface area contributed by atoms with Crippen molar-refractivity contribution >= 4 is 17.7 Å². The van der Waals surface area contributed by atoms with Crippen molar-refractivity contribution in [2.45, 2.75) is 19.8 Å². The Kier molecular flexibility index (Phi) is 6.10. The first kappa shape index (κ1) is 12.8. The molecule has 3 nitrogen and oxygen atoms in total. The minimum atomic E-state index is 0.294. The highest BCUT2D eigenvalue weighted by Crippen LogP contribution is 2.16. The number of rotatable bonds is 5. The first-order valence-corrected chi connectivity index (χ1v) is 6.74. The van der Waals surface area contributed by atoms with Crippen molar-refractivity contribution in [2.24, 2.45) is 5.92 Å². The van der Waals surface area contributed by atoms with Crippen molar-refractivity contribution in [3.05, 3.63) is 0 Å². The molecule has 1 aliphatic heterocycles. The van der Waals surface area contributed by atoms with E-state index in [4.69, 9.17) is 4.74 Å². The van der Waals surface area contributed by atoms with Crippen LogP contribution in [0.25, 0.3) is 0 Å². The molecular weight excluding hydrogens is 210 g/mol. The number of amides is 1. The summed E-state index contributed by atoms with van der Waals surface area (Å²) in [7, 11) is 1.69. The van der Waals surface area contributed by atoms with Crippen LogP contribution in [0.5, 0.6) is 0 Å². The fraction of sp³-hybridized carbons (Fsp3) is 0.909. The van der Waals surface area contributed by atoms with Crippen LogP contribution in [-0.4, -0.2) is 49.1 Å². The first-order chi connectivity index (χ1) is 7.24. The van der Waals surface area contributed by atoms with Crippen molar-refractivity contribution in [1.82, 2.24) is 4.90 Å². The summed E-state index contributed by atoms with van der Waals surface area (Å²) in [6, 6.07) is 0. The number of thioether (sulfide) groups is 1. The molecule has 0 radical (unpaired) electrons. The molecule has 0 saturated carbocycles. The van der Waals surface area contributed by atoms with Gasteiger partial charge in [-0.2, -0.15) is 0 Å².